The molecule has 0 aliphatic heterocycles. The van der Waals surface area contributed by atoms with Gasteiger partial charge in [-0.05, 0) is 24.6 Å². The van der Waals surface area contributed by atoms with Crippen molar-refractivity contribution >= 4 is 11.4 Å². The zero-order valence-corrected chi connectivity index (χ0v) is 18.0. The highest BCUT2D eigenvalue weighted by molar-refractivity contribution is 6.13. The molecule has 156 valence electrons. The first-order valence-electron chi connectivity index (χ1n) is 10.7. The molecule has 4 aromatic rings. The molecule has 0 aliphatic rings. The summed E-state index contributed by atoms with van der Waals surface area (Å²) in [6, 6.07) is 39.9. The summed E-state index contributed by atoms with van der Waals surface area (Å²) in [6.45, 7) is 2.06. The van der Waals surface area contributed by atoms with E-state index in [1.165, 1.54) is 5.56 Å². The predicted molar refractivity (Wildman–Crippen MR) is 132 cm³/mol. The topological polar surface area (TPSA) is 48.2 Å². The highest BCUT2D eigenvalue weighted by Crippen LogP contribution is 2.26. The molecular weight excluding hydrogens is 390 g/mol. The largest absolute Gasteiger partial charge is 0.375 e. The van der Waals surface area contributed by atoms with Gasteiger partial charge < -0.3 is 5.32 Å². The maximum atomic E-state index is 10.2. The van der Waals surface area contributed by atoms with Crippen LogP contribution in [0.1, 0.15) is 28.3 Å². The van der Waals surface area contributed by atoms with Gasteiger partial charge in [-0.25, -0.2) is 0 Å². The van der Waals surface area contributed by atoms with Gasteiger partial charge in [-0.1, -0.05) is 109 Å². The van der Waals surface area contributed by atoms with E-state index < -0.39 is 6.04 Å². The molecule has 0 saturated carbocycles. The molecule has 3 nitrogen and oxygen atoms in total. The van der Waals surface area contributed by atoms with Crippen LogP contribution >= 0.6 is 0 Å². The molecule has 0 spiro atoms. The van der Waals surface area contributed by atoms with Crippen molar-refractivity contribution in [2.75, 3.05) is 5.32 Å². The zero-order chi connectivity index (χ0) is 22.2. The number of aliphatic imine (C=N–C) groups is 1. The average Bonchev–Trinajstić information content (AvgIpc) is 2.86. The van der Waals surface area contributed by atoms with Gasteiger partial charge in [0, 0.05) is 16.8 Å². The minimum absolute atomic E-state index is 0.301. The molecule has 0 radical (unpaired) electrons. The molecule has 4 aromatic carbocycles. The fraction of sp³-hybridized carbons (Fsp3) is 0.103. The van der Waals surface area contributed by atoms with Gasteiger partial charge in [-0.2, -0.15) is 5.26 Å². The highest BCUT2D eigenvalue weighted by atomic mass is 15.0. The summed E-state index contributed by atoms with van der Waals surface area (Å²) in [6.07, 6.45) is 0. The third-order valence-electron chi connectivity index (χ3n) is 5.34. The van der Waals surface area contributed by atoms with E-state index in [0.717, 1.165) is 28.1 Å². The van der Waals surface area contributed by atoms with Crippen LogP contribution in [0.25, 0.3) is 0 Å². The van der Waals surface area contributed by atoms with Crippen molar-refractivity contribution in [2.24, 2.45) is 4.99 Å². The molecule has 0 fully saturated rings. The molecule has 0 bridgehead atoms. The summed E-state index contributed by atoms with van der Waals surface area (Å²) in [7, 11) is 0. The Morgan fingerprint density at radius 1 is 0.719 bits per heavy atom. The van der Waals surface area contributed by atoms with E-state index in [9.17, 15) is 5.26 Å². The lowest BCUT2D eigenvalue weighted by Crippen LogP contribution is -2.25. The lowest BCUT2D eigenvalue weighted by Gasteiger charge is -2.24. The molecule has 0 amide bonds. The molecule has 0 aliphatic carbocycles. The van der Waals surface area contributed by atoms with Crippen molar-refractivity contribution in [3.05, 3.63) is 138 Å². The normalized spacial score (nSPS) is 12.2. The van der Waals surface area contributed by atoms with Gasteiger partial charge in [-0.3, -0.25) is 4.99 Å². The zero-order valence-electron chi connectivity index (χ0n) is 18.0. The Morgan fingerprint density at radius 3 is 1.72 bits per heavy atom. The van der Waals surface area contributed by atoms with E-state index in [1.54, 1.807) is 0 Å². The Labute approximate surface area is 189 Å². The number of nitrogens with zero attached hydrogens (tertiary/aromatic N) is 2. The molecule has 0 unspecified atom stereocenters. The number of aryl methyl sites for hydroxylation is 1. The van der Waals surface area contributed by atoms with Crippen LogP contribution in [0.2, 0.25) is 0 Å². The van der Waals surface area contributed by atoms with Crippen molar-refractivity contribution < 1.29 is 0 Å². The van der Waals surface area contributed by atoms with Crippen molar-refractivity contribution in [3.63, 3.8) is 0 Å². The van der Waals surface area contributed by atoms with Gasteiger partial charge in [0.25, 0.3) is 0 Å². The second kappa shape index (κ2) is 10.2. The molecule has 4 rings (SSSR count). The summed E-state index contributed by atoms with van der Waals surface area (Å²) in [4.78, 5) is 5.02. The Morgan fingerprint density at radius 2 is 1.22 bits per heavy atom. The third kappa shape index (κ3) is 5.11. The number of anilines is 1. The molecule has 3 heteroatoms. The van der Waals surface area contributed by atoms with Crippen LogP contribution in [-0.4, -0.2) is 11.8 Å². The van der Waals surface area contributed by atoms with E-state index >= 15 is 0 Å². The highest BCUT2D eigenvalue weighted by Gasteiger charge is 2.24. The molecule has 0 aromatic heterocycles. The summed E-state index contributed by atoms with van der Waals surface area (Å²) in [5, 5.41) is 13.8. The number of hydrogen-bond donors (Lipinski definition) is 1. The minimum Gasteiger partial charge on any atom is -0.375 e. The van der Waals surface area contributed by atoms with E-state index in [4.69, 9.17) is 4.99 Å². The first-order valence-corrected chi connectivity index (χ1v) is 10.7. The number of para-hydroxylation sites is 1. The van der Waals surface area contributed by atoms with E-state index in [1.807, 2.05) is 91.0 Å². The predicted octanol–water partition coefficient (Wildman–Crippen LogP) is 6.58. The Balaban J connectivity index is 1.80. The first-order chi connectivity index (χ1) is 15.7. The van der Waals surface area contributed by atoms with Crippen LogP contribution in [0.15, 0.2) is 120 Å². The van der Waals surface area contributed by atoms with Crippen LogP contribution in [0.4, 0.5) is 5.69 Å². The molecule has 1 N–H and O–H groups in total. The summed E-state index contributed by atoms with van der Waals surface area (Å²) in [5.74, 6) is 0. The standard InChI is InChI=1S/C29H25N3/c1-22-17-19-25(20-18-22)29(31-26-15-9-4-10-16-26)27(21-30)32-28(23-11-5-2-6-12-23)24-13-7-3-8-14-24/h2-20,27,29,31H,1H3/t27-,29+/m1/s1. The van der Waals surface area contributed by atoms with Crippen LogP contribution in [0.3, 0.4) is 0 Å². The van der Waals surface area contributed by atoms with Crippen LogP contribution in [0.5, 0.6) is 0 Å². The van der Waals surface area contributed by atoms with Gasteiger partial charge in [-0.15, -0.1) is 0 Å². The van der Waals surface area contributed by atoms with Crippen molar-refractivity contribution in [1.82, 2.24) is 0 Å². The van der Waals surface area contributed by atoms with Gasteiger partial charge in [0.15, 0.2) is 6.04 Å². The van der Waals surface area contributed by atoms with Crippen LogP contribution < -0.4 is 5.32 Å². The van der Waals surface area contributed by atoms with Crippen LogP contribution in [0, 0.1) is 18.3 Å². The lowest BCUT2D eigenvalue weighted by molar-refractivity contribution is 0.690. The minimum atomic E-state index is -0.631. The Kier molecular flexibility index (Phi) is 6.75. The van der Waals surface area contributed by atoms with Gasteiger partial charge in [0.2, 0.25) is 0 Å². The fourth-order valence-corrected chi connectivity index (χ4v) is 3.66. The monoisotopic (exact) mass is 415 g/mol. The number of rotatable bonds is 7. The third-order valence-corrected chi connectivity index (χ3v) is 5.34. The number of hydrogen-bond acceptors (Lipinski definition) is 3. The number of nitriles is 1. The van der Waals surface area contributed by atoms with Crippen molar-refractivity contribution in [1.29, 1.82) is 5.26 Å². The van der Waals surface area contributed by atoms with Crippen molar-refractivity contribution in [2.45, 2.75) is 19.0 Å². The number of nitrogens with one attached hydrogen (secondary N) is 1. The van der Waals surface area contributed by atoms with Gasteiger partial charge in [0.05, 0.1) is 17.8 Å². The van der Waals surface area contributed by atoms with E-state index in [0.29, 0.717) is 0 Å². The summed E-state index contributed by atoms with van der Waals surface area (Å²) in [5.41, 5.74) is 5.94. The van der Waals surface area contributed by atoms with Crippen LogP contribution in [-0.2, 0) is 0 Å². The first kappa shape index (κ1) is 21.1. The van der Waals surface area contributed by atoms with E-state index in [2.05, 4.69) is 42.6 Å². The maximum Gasteiger partial charge on any atom is 0.161 e. The Hall–Kier alpha value is -4.16. The maximum absolute atomic E-state index is 10.2. The SMILES string of the molecule is Cc1ccc([C@H](Nc2ccccc2)[C@@H](C#N)N=C(c2ccccc2)c2ccccc2)cc1. The quantitative estimate of drug-likeness (QED) is 0.347. The molecule has 2 atom stereocenters. The second-order valence-corrected chi connectivity index (χ2v) is 7.68. The van der Waals surface area contributed by atoms with Gasteiger partial charge in [0.1, 0.15) is 0 Å². The molecule has 0 heterocycles. The number of benzene rings is 4. The van der Waals surface area contributed by atoms with Gasteiger partial charge >= 0.3 is 0 Å². The second-order valence-electron chi connectivity index (χ2n) is 7.68. The summed E-state index contributed by atoms with van der Waals surface area (Å²) < 4.78 is 0. The lowest BCUT2D eigenvalue weighted by atomic mass is 9.97. The average molecular weight is 416 g/mol. The molecule has 32 heavy (non-hydrogen) atoms. The smallest absolute Gasteiger partial charge is 0.161 e. The Bertz CT molecular complexity index is 1150. The van der Waals surface area contributed by atoms with E-state index in [-0.39, 0.29) is 6.04 Å². The van der Waals surface area contributed by atoms with Crippen molar-refractivity contribution in [3.8, 4) is 6.07 Å². The summed E-state index contributed by atoms with van der Waals surface area (Å²) >= 11 is 0. The fourth-order valence-electron chi connectivity index (χ4n) is 3.66. The molecular formula is C29H25N3. The molecule has 0 saturated heterocycles.